The van der Waals surface area contributed by atoms with Crippen LogP contribution < -0.4 is 0 Å². The summed E-state index contributed by atoms with van der Waals surface area (Å²) in [6.07, 6.45) is 4.74. The van der Waals surface area contributed by atoms with Gasteiger partial charge >= 0.3 is 0 Å². The summed E-state index contributed by atoms with van der Waals surface area (Å²) >= 11 is 0. The van der Waals surface area contributed by atoms with E-state index in [2.05, 4.69) is 42.2 Å². The normalized spacial score (nSPS) is 17.9. The zero-order valence-electron chi connectivity index (χ0n) is 8.98. The summed E-state index contributed by atoms with van der Waals surface area (Å²) in [7, 11) is 0. The first-order valence-electron chi connectivity index (χ1n) is 5.70. The Kier molecular flexibility index (Phi) is 1.98. The molecule has 2 aromatic rings. The maximum atomic E-state index is 4.40. The maximum Gasteiger partial charge on any atom is 0.0704 e. The van der Waals surface area contributed by atoms with Gasteiger partial charge in [-0.1, -0.05) is 25.1 Å². The fraction of sp³-hybridized carbons (Fsp3) is 0.357. The quantitative estimate of drug-likeness (QED) is 0.714. The van der Waals surface area contributed by atoms with Gasteiger partial charge in [0.05, 0.1) is 5.52 Å². The van der Waals surface area contributed by atoms with Gasteiger partial charge in [0, 0.05) is 11.6 Å². The molecule has 1 unspecified atom stereocenters. The van der Waals surface area contributed by atoms with E-state index in [1.54, 1.807) is 0 Å². The smallest absolute Gasteiger partial charge is 0.0704 e. The summed E-state index contributed by atoms with van der Waals surface area (Å²) in [5.74, 6) is 1.61. The first kappa shape index (κ1) is 8.90. The molecular formula is C14H15N. The van der Waals surface area contributed by atoms with Crippen LogP contribution in [0.1, 0.15) is 31.2 Å². The van der Waals surface area contributed by atoms with Crippen LogP contribution in [0.15, 0.2) is 36.5 Å². The van der Waals surface area contributed by atoms with Gasteiger partial charge in [-0.15, -0.1) is 0 Å². The molecule has 15 heavy (non-hydrogen) atoms. The number of benzene rings is 1. The van der Waals surface area contributed by atoms with Crippen molar-refractivity contribution < 1.29 is 0 Å². The van der Waals surface area contributed by atoms with E-state index in [0.29, 0.717) is 5.92 Å². The molecule has 0 spiro atoms. The van der Waals surface area contributed by atoms with Crippen LogP contribution in [-0.2, 0) is 0 Å². The van der Waals surface area contributed by atoms with Crippen LogP contribution in [0.4, 0.5) is 0 Å². The second kappa shape index (κ2) is 3.34. The highest BCUT2D eigenvalue weighted by atomic mass is 14.6. The number of nitrogens with zero attached hydrogens (tertiary/aromatic N) is 1. The molecule has 0 radical (unpaired) electrons. The highest BCUT2D eigenvalue weighted by Gasteiger charge is 2.29. The Morgan fingerprint density at radius 3 is 2.80 bits per heavy atom. The molecule has 76 valence electrons. The molecular weight excluding hydrogens is 182 g/mol. The lowest BCUT2D eigenvalue weighted by atomic mass is 9.93. The summed E-state index contributed by atoms with van der Waals surface area (Å²) in [5, 5.41) is 1.33. The van der Waals surface area contributed by atoms with Crippen molar-refractivity contribution >= 4 is 10.9 Å². The summed E-state index contributed by atoms with van der Waals surface area (Å²) in [6.45, 7) is 2.35. The zero-order chi connectivity index (χ0) is 10.3. The van der Waals surface area contributed by atoms with Gasteiger partial charge in [0.25, 0.3) is 0 Å². The minimum Gasteiger partial charge on any atom is -0.256 e. The van der Waals surface area contributed by atoms with Gasteiger partial charge in [0.1, 0.15) is 0 Å². The molecule has 0 bridgehead atoms. The van der Waals surface area contributed by atoms with E-state index in [0.717, 1.165) is 11.4 Å². The van der Waals surface area contributed by atoms with Crippen LogP contribution in [0.3, 0.4) is 0 Å². The lowest BCUT2D eigenvalue weighted by molar-refractivity contribution is 0.668. The van der Waals surface area contributed by atoms with Crippen molar-refractivity contribution in [1.29, 1.82) is 0 Å². The molecule has 1 aliphatic rings. The van der Waals surface area contributed by atoms with Gasteiger partial charge in [0.2, 0.25) is 0 Å². The Morgan fingerprint density at radius 2 is 2.00 bits per heavy atom. The minimum atomic E-state index is 0.692. The summed E-state index contributed by atoms with van der Waals surface area (Å²) in [6, 6.07) is 10.6. The number of aromatic nitrogens is 1. The van der Waals surface area contributed by atoms with Gasteiger partial charge < -0.3 is 0 Å². The molecule has 1 heteroatoms. The van der Waals surface area contributed by atoms with Crippen LogP contribution in [-0.4, -0.2) is 4.98 Å². The highest BCUT2D eigenvalue weighted by molar-refractivity contribution is 5.82. The highest BCUT2D eigenvalue weighted by Crippen LogP contribution is 2.43. The monoisotopic (exact) mass is 197 g/mol. The Morgan fingerprint density at radius 1 is 1.20 bits per heavy atom. The van der Waals surface area contributed by atoms with Crippen LogP contribution in [0.2, 0.25) is 0 Å². The minimum absolute atomic E-state index is 0.692. The number of fused-ring (bicyclic) bond motifs is 1. The van der Waals surface area contributed by atoms with E-state index in [9.17, 15) is 0 Å². The summed E-state index contributed by atoms with van der Waals surface area (Å²) < 4.78 is 0. The number of hydrogen-bond acceptors (Lipinski definition) is 1. The molecule has 0 N–H and O–H groups in total. The lowest BCUT2D eigenvalue weighted by Crippen LogP contribution is -1.97. The molecule has 1 heterocycles. The third-order valence-corrected chi connectivity index (χ3v) is 3.50. The number of rotatable bonds is 2. The SMILES string of the molecule is CC(c1ccnc2ccccc12)C1CC1. The number of para-hydroxylation sites is 1. The Hall–Kier alpha value is -1.37. The molecule has 1 aromatic carbocycles. The fourth-order valence-corrected chi connectivity index (χ4v) is 2.37. The Balaban J connectivity index is 2.16. The lowest BCUT2D eigenvalue weighted by Gasteiger charge is -2.12. The van der Waals surface area contributed by atoms with Crippen molar-refractivity contribution in [3.05, 3.63) is 42.1 Å². The molecule has 0 aliphatic heterocycles. The van der Waals surface area contributed by atoms with Gasteiger partial charge in [-0.05, 0) is 42.4 Å². The van der Waals surface area contributed by atoms with Crippen molar-refractivity contribution in [3.8, 4) is 0 Å². The topological polar surface area (TPSA) is 12.9 Å². The molecule has 3 rings (SSSR count). The standard InChI is InChI=1S/C14H15N/c1-10(11-6-7-11)12-8-9-15-14-5-3-2-4-13(12)14/h2-5,8-11H,6-7H2,1H3. The van der Waals surface area contributed by atoms with E-state index in [1.807, 2.05) is 6.20 Å². The van der Waals surface area contributed by atoms with Gasteiger partial charge in [-0.25, -0.2) is 0 Å². The van der Waals surface area contributed by atoms with E-state index in [-0.39, 0.29) is 0 Å². The fourth-order valence-electron chi connectivity index (χ4n) is 2.37. The van der Waals surface area contributed by atoms with Crippen LogP contribution in [0.5, 0.6) is 0 Å². The molecule has 0 amide bonds. The van der Waals surface area contributed by atoms with Crippen LogP contribution >= 0.6 is 0 Å². The Labute approximate surface area is 90.2 Å². The second-order valence-electron chi connectivity index (χ2n) is 4.54. The third-order valence-electron chi connectivity index (χ3n) is 3.50. The number of hydrogen-bond donors (Lipinski definition) is 0. The molecule has 1 fully saturated rings. The molecule has 0 saturated heterocycles. The largest absolute Gasteiger partial charge is 0.256 e. The van der Waals surface area contributed by atoms with Crippen molar-refractivity contribution in [2.75, 3.05) is 0 Å². The van der Waals surface area contributed by atoms with E-state index in [1.165, 1.54) is 23.8 Å². The average Bonchev–Trinajstić information content (AvgIpc) is 3.11. The predicted molar refractivity (Wildman–Crippen MR) is 62.9 cm³/mol. The average molecular weight is 197 g/mol. The van der Waals surface area contributed by atoms with Crippen LogP contribution in [0.25, 0.3) is 10.9 Å². The maximum absolute atomic E-state index is 4.40. The van der Waals surface area contributed by atoms with Gasteiger partial charge in [0.15, 0.2) is 0 Å². The van der Waals surface area contributed by atoms with E-state index >= 15 is 0 Å². The molecule has 1 nitrogen and oxygen atoms in total. The first-order valence-corrected chi connectivity index (χ1v) is 5.70. The molecule has 1 aliphatic carbocycles. The number of pyridine rings is 1. The van der Waals surface area contributed by atoms with Crippen molar-refractivity contribution in [2.45, 2.75) is 25.7 Å². The van der Waals surface area contributed by atoms with Crippen molar-refractivity contribution in [1.82, 2.24) is 4.98 Å². The van der Waals surface area contributed by atoms with E-state index in [4.69, 9.17) is 0 Å². The molecule has 1 atom stereocenters. The van der Waals surface area contributed by atoms with Crippen LogP contribution in [0, 0.1) is 5.92 Å². The van der Waals surface area contributed by atoms with Gasteiger partial charge in [-0.2, -0.15) is 0 Å². The van der Waals surface area contributed by atoms with E-state index < -0.39 is 0 Å². The van der Waals surface area contributed by atoms with Crippen molar-refractivity contribution in [2.24, 2.45) is 5.92 Å². The molecule has 1 saturated carbocycles. The second-order valence-corrected chi connectivity index (χ2v) is 4.54. The third kappa shape index (κ3) is 1.52. The predicted octanol–water partition coefficient (Wildman–Crippen LogP) is 3.75. The summed E-state index contributed by atoms with van der Waals surface area (Å²) in [4.78, 5) is 4.40. The summed E-state index contributed by atoms with van der Waals surface area (Å²) in [5.41, 5.74) is 2.60. The van der Waals surface area contributed by atoms with Crippen molar-refractivity contribution in [3.63, 3.8) is 0 Å². The molecule has 1 aromatic heterocycles. The Bertz CT molecular complexity index is 480. The van der Waals surface area contributed by atoms with Gasteiger partial charge in [-0.3, -0.25) is 4.98 Å². The first-order chi connectivity index (χ1) is 7.36. The zero-order valence-corrected chi connectivity index (χ0v) is 8.98.